The van der Waals surface area contributed by atoms with Crippen LogP contribution in [0.3, 0.4) is 0 Å². The minimum atomic E-state index is -0.868. The first-order valence-electron chi connectivity index (χ1n) is 2.02. The van der Waals surface area contributed by atoms with Crippen molar-refractivity contribution < 1.29 is 14.6 Å². The molecule has 0 unspecified atom stereocenters. The molecule has 0 aromatic heterocycles. The molecule has 1 aliphatic rings. The van der Waals surface area contributed by atoms with Crippen LogP contribution < -0.4 is 0 Å². The van der Waals surface area contributed by atoms with E-state index in [-0.39, 0.29) is 0 Å². The van der Waals surface area contributed by atoms with Crippen LogP contribution in [0.1, 0.15) is 6.92 Å². The van der Waals surface area contributed by atoms with Gasteiger partial charge in [0.15, 0.2) is 5.60 Å². The minimum absolute atomic E-state index is 0.363. The first-order chi connectivity index (χ1) is 3.15. The van der Waals surface area contributed by atoms with Crippen molar-refractivity contribution in [3.05, 3.63) is 0 Å². The fourth-order valence-corrected chi connectivity index (χ4v) is 0.232. The van der Waals surface area contributed by atoms with Crippen molar-refractivity contribution in [3.63, 3.8) is 0 Å². The minimum Gasteiger partial charge on any atom is -0.479 e. The predicted octanol–water partition coefficient (Wildman–Crippen LogP) is -0.140. The van der Waals surface area contributed by atoms with Crippen LogP contribution in [0.15, 0.2) is 0 Å². The molecule has 0 spiro atoms. The normalized spacial score (nSPS) is 37.9. The average Bonchev–Trinajstić information content (AvgIpc) is 2.21. The molecular formula is C4H6O3. The van der Waals surface area contributed by atoms with Crippen molar-refractivity contribution in [2.24, 2.45) is 0 Å². The number of hydrogen-bond donors (Lipinski definition) is 1. The Morgan fingerprint density at radius 3 is 2.43 bits per heavy atom. The van der Waals surface area contributed by atoms with E-state index in [1.807, 2.05) is 0 Å². The van der Waals surface area contributed by atoms with E-state index in [2.05, 4.69) is 4.74 Å². The molecule has 1 aliphatic heterocycles. The molecule has 0 bridgehead atoms. The van der Waals surface area contributed by atoms with Crippen LogP contribution in [0.4, 0.5) is 0 Å². The molecule has 0 aromatic rings. The van der Waals surface area contributed by atoms with Crippen molar-refractivity contribution in [2.75, 3.05) is 6.61 Å². The van der Waals surface area contributed by atoms with Gasteiger partial charge in [-0.2, -0.15) is 0 Å². The summed E-state index contributed by atoms with van der Waals surface area (Å²) in [6, 6.07) is 0. The molecule has 0 amide bonds. The lowest BCUT2D eigenvalue weighted by molar-refractivity contribution is -0.142. The summed E-state index contributed by atoms with van der Waals surface area (Å²) in [7, 11) is 0. The zero-order chi connectivity index (χ0) is 5.49. The monoisotopic (exact) mass is 102 g/mol. The van der Waals surface area contributed by atoms with Gasteiger partial charge in [0.05, 0.1) is 6.61 Å². The summed E-state index contributed by atoms with van der Waals surface area (Å²) in [5.41, 5.74) is -0.833. The Morgan fingerprint density at radius 2 is 2.43 bits per heavy atom. The van der Waals surface area contributed by atoms with Crippen molar-refractivity contribution >= 4 is 5.97 Å². The SMILES string of the molecule is C[C@@]1(C(=O)O)CO1. The summed E-state index contributed by atoms with van der Waals surface area (Å²) in [4.78, 5) is 9.96. The van der Waals surface area contributed by atoms with E-state index in [4.69, 9.17) is 5.11 Å². The summed E-state index contributed by atoms with van der Waals surface area (Å²) in [5.74, 6) is -0.868. The zero-order valence-electron chi connectivity index (χ0n) is 3.97. The topological polar surface area (TPSA) is 49.8 Å². The van der Waals surface area contributed by atoms with Crippen LogP contribution in [0.2, 0.25) is 0 Å². The number of epoxide rings is 1. The van der Waals surface area contributed by atoms with Gasteiger partial charge >= 0.3 is 5.97 Å². The quantitative estimate of drug-likeness (QED) is 0.469. The van der Waals surface area contributed by atoms with Gasteiger partial charge in [0.1, 0.15) is 0 Å². The first kappa shape index (κ1) is 4.59. The lowest BCUT2D eigenvalue weighted by Crippen LogP contribution is -2.18. The molecule has 40 valence electrons. The van der Waals surface area contributed by atoms with Crippen molar-refractivity contribution in [1.29, 1.82) is 0 Å². The maximum absolute atomic E-state index is 9.96. The van der Waals surface area contributed by atoms with Crippen molar-refractivity contribution in [2.45, 2.75) is 12.5 Å². The van der Waals surface area contributed by atoms with E-state index in [1.165, 1.54) is 0 Å². The van der Waals surface area contributed by atoms with Gasteiger partial charge in [-0.05, 0) is 6.92 Å². The van der Waals surface area contributed by atoms with Crippen molar-refractivity contribution in [3.8, 4) is 0 Å². The number of aliphatic carboxylic acids is 1. The smallest absolute Gasteiger partial charge is 0.338 e. The highest BCUT2D eigenvalue weighted by Gasteiger charge is 2.47. The van der Waals surface area contributed by atoms with Crippen LogP contribution in [0.5, 0.6) is 0 Å². The van der Waals surface area contributed by atoms with E-state index in [0.29, 0.717) is 6.61 Å². The summed E-state index contributed by atoms with van der Waals surface area (Å²) in [6.07, 6.45) is 0. The molecule has 1 rings (SSSR count). The standard InChI is InChI=1S/C4H6O3/c1-4(2-7-4)3(5)6/h2H2,1H3,(H,5,6)/t4-/m0/s1. The van der Waals surface area contributed by atoms with E-state index >= 15 is 0 Å². The number of hydrogen-bond acceptors (Lipinski definition) is 2. The molecule has 1 saturated heterocycles. The van der Waals surface area contributed by atoms with Gasteiger partial charge in [-0.25, -0.2) is 4.79 Å². The number of carbonyl (C=O) groups is 1. The average molecular weight is 102 g/mol. The fraction of sp³-hybridized carbons (Fsp3) is 0.750. The van der Waals surface area contributed by atoms with Gasteiger partial charge < -0.3 is 9.84 Å². The molecule has 0 aliphatic carbocycles. The lowest BCUT2D eigenvalue weighted by Gasteiger charge is -1.90. The van der Waals surface area contributed by atoms with E-state index < -0.39 is 11.6 Å². The summed E-state index contributed by atoms with van der Waals surface area (Å²) in [5, 5.41) is 8.19. The number of carboxylic acid groups (broad SMARTS) is 1. The highest BCUT2D eigenvalue weighted by atomic mass is 16.6. The Kier molecular flexibility index (Phi) is 0.642. The molecule has 3 heteroatoms. The van der Waals surface area contributed by atoms with E-state index in [1.54, 1.807) is 6.92 Å². The second-order valence-corrected chi connectivity index (χ2v) is 1.82. The van der Waals surface area contributed by atoms with Crippen LogP contribution in [0.25, 0.3) is 0 Å². The predicted molar refractivity (Wildman–Crippen MR) is 22.0 cm³/mol. The van der Waals surface area contributed by atoms with Crippen LogP contribution in [-0.2, 0) is 9.53 Å². The van der Waals surface area contributed by atoms with Gasteiger partial charge in [0.25, 0.3) is 0 Å². The van der Waals surface area contributed by atoms with Crippen LogP contribution >= 0.6 is 0 Å². The van der Waals surface area contributed by atoms with Gasteiger partial charge in [0.2, 0.25) is 0 Å². The van der Waals surface area contributed by atoms with E-state index in [9.17, 15) is 4.79 Å². The Hall–Kier alpha value is -0.570. The van der Waals surface area contributed by atoms with Crippen LogP contribution in [0, 0.1) is 0 Å². The Labute approximate surface area is 40.9 Å². The molecule has 3 nitrogen and oxygen atoms in total. The number of rotatable bonds is 1. The maximum Gasteiger partial charge on any atom is 0.338 e. The van der Waals surface area contributed by atoms with Gasteiger partial charge in [0, 0.05) is 0 Å². The molecular weight excluding hydrogens is 96.0 g/mol. The third-order valence-electron chi connectivity index (χ3n) is 1.03. The lowest BCUT2D eigenvalue weighted by atomic mass is 10.2. The summed E-state index contributed by atoms with van der Waals surface area (Å²) >= 11 is 0. The maximum atomic E-state index is 9.96. The third-order valence-corrected chi connectivity index (χ3v) is 1.03. The molecule has 0 radical (unpaired) electrons. The fourth-order valence-electron chi connectivity index (χ4n) is 0.232. The molecule has 1 heterocycles. The summed E-state index contributed by atoms with van der Waals surface area (Å²) in [6.45, 7) is 1.91. The number of carboxylic acids is 1. The Bertz CT molecular complexity index is 104. The Balaban J connectivity index is 2.55. The van der Waals surface area contributed by atoms with Gasteiger partial charge in [-0.1, -0.05) is 0 Å². The van der Waals surface area contributed by atoms with Gasteiger partial charge in [-0.3, -0.25) is 0 Å². The highest BCUT2D eigenvalue weighted by molar-refractivity contribution is 5.79. The molecule has 0 saturated carbocycles. The molecule has 1 atom stereocenters. The number of ether oxygens (including phenoxy) is 1. The first-order valence-corrected chi connectivity index (χ1v) is 2.02. The second-order valence-electron chi connectivity index (χ2n) is 1.82. The Morgan fingerprint density at radius 1 is 2.00 bits per heavy atom. The molecule has 1 N–H and O–H groups in total. The molecule has 1 fully saturated rings. The summed E-state index contributed by atoms with van der Waals surface area (Å²) < 4.78 is 4.56. The van der Waals surface area contributed by atoms with E-state index in [0.717, 1.165) is 0 Å². The molecule has 7 heavy (non-hydrogen) atoms. The second kappa shape index (κ2) is 0.980. The van der Waals surface area contributed by atoms with Crippen molar-refractivity contribution in [1.82, 2.24) is 0 Å². The zero-order valence-corrected chi connectivity index (χ0v) is 3.97. The molecule has 0 aromatic carbocycles. The van der Waals surface area contributed by atoms with Gasteiger partial charge in [-0.15, -0.1) is 0 Å². The highest BCUT2D eigenvalue weighted by Crippen LogP contribution is 2.25. The largest absolute Gasteiger partial charge is 0.479 e. The van der Waals surface area contributed by atoms with Crippen LogP contribution in [-0.4, -0.2) is 23.3 Å². The third kappa shape index (κ3) is 0.587.